The summed E-state index contributed by atoms with van der Waals surface area (Å²) in [6.07, 6.45) is 77.2. The van der Waals surface area contributed by atoms with Crippen molar-refractivity contribution in [3.63, 3.8) is 0 Å². The summed E-state index contributed by atoms with van der Waals surface area (Å²) in [6.45, 7) is 6.98. The largest absolute Gasteiger partial charge is 0.756 e. The Hall–Kier alpha value is -3.55. The maximum Gasteiger partial charge on any atom is 0.472 e. The fourth-order valence-electron chi connectivity index (χ4n) is 11.7. The summed E-state index contributed by atoms with van der Waals surface area (Å²) in [5.74, 6) is -3.25. The molecule has 22 heteroatoms. The highest BCUT2D eigenvalue weighted by molar-refractivity contribution is 7.47. The van der Waals surface area contributed by atoms with Crippen LogP contribution in [-0.2, 0) is 70.1 Å². The van der Waals surface area contributed by atoms with E-state index >= 15 is 0 Å². The van der Waals surface area contributed by atoms with Crippen LogP contribution in [0.3, 0.4) is 0 Å². The molecule has 0 heterocycles. The van der Waals surface area contributed by atoms with Gasteiger partial charge < -0.3 is 53.1 Å². The molecule has 108 heavy (non-hydrogen) atoms. The zero-order valence-electron chi connectivity index (χ0n) is 69.7. The second-order valence-corrected chi connectivity index (χ2v) is 33.4. The van der Waals surface area contributed by atoms with Gasteiger partial charge in [0.2, 0.25) is 0 Å². The Kier molecular flexibility index (Phi) is 77.6. The van der Waals surface area contributed by atoms with Gasteiger partial charge in [-0.05, 0) is 128 Å². The molecule has 0 amide bonds. The minimum Gasteiger partial charge on any atom is -0.756 e. The molecule has 0 aromatic heterocycles. The van der Waals surface area contributed by atoms with E-state index in [9.17, 15) is 42.9 Å². The van der Waals surface area contributed by atoms with Crippen molar-refractivity contribution in [3.8, 4) is 0 Å². The van der Waals surface area contributed by atoms with Crippen LogP contribution in [0.2, 0.25) is 0 Å². The molecular weight excluding hydrogens is 1410 g/mol. The molecule has 2 unspecified atom stereocenters. The monoisotopic (exact) mass is 1570 g/mol. The quantitative estimate of drug-likeness (QED) is 0.0127. The normalized spacial score (nSPS) is 13.9. The summed E-state index contributed by atoms with van der Waals surface area (Å²) in [6, 6.07) is -1.52. The van der Waals surface area contributed by atoms with Crippen LogP contribution in [0.25, 0.3) is 0 Å². The van der Waals surface area contributed by atoms with Gasteiger partial charge in [-0.15, -0.1) is 0 Å². The molecule has 0 fully saturated rings. The highest BCUT2D eigenvalue weighted by Gasteiger charge is 2.29. The van der Waals surface area contributed by atoms with E-state index in [0.717, 1.165) is 148 Å². The predicted octanol–water partition coefficient (Wildman–Crippen LogP) is 22.8. The summed E-state index contributed by atoms with van der Waals surface area (Å²) in [5.41, 5.74) is 5.33. The zero-order chi connectivity index (χ0) is 80.0. The van der Waals surface area contributed by atoms with Crippen molar-refractivity contribution in [2.75, 3.05) is 67.3 Å². The van der Waals surface area contributed by atoms with Crippen molar-refractivity contribution < 1.29 is 89.5 Å². The van der Waals surface area contributed by atoms with Gasteiger partial charge in [0.05, 0.1) is 41.0 Å². The third-order valence-corrected chi connectivity index (χ3v) is 20.5. The van der Waals surface area contributed by atoms with Gasteiger partial charge in [0.15, 0.2) is 12.2 Å². The second-order valence-electron chi connectivity index (χ2n) is 30.5. The van der Waals surface area contributed by atoms with Gasteiger partial charge in [-0.3, -0.25) is 37.6 Å². The van der Waals surface area contributed by atoms with Crippen LogP contribution < -0.4 is 10.6 Å². The number of unbranched alkanes of at least 4 members (excludes halogenated alkanes) is 44. The maximum atomic E-state index is 12.7. The highest BCUT2D eigenvalue weighted by atomic mass is 31.2. The number of hydrogen-bond acceptors (Lipinski definition) is 17. The van der Waals surface area contributed by atoms with Crippen LogP contribution in [-0.4, -0.2) is 130 Å². The Morgan fingerprint density at radius 1 is 0.352 bits per heavy atom. The van der Waals surface area contributed by atoms with E-state index in [1.807, 2.05) is 21.1 Å². The lowest BCUT2D eigenvalue weighted by Crippen LogP contribution is -2.37. The van der Waals surface area contributed by atoms with E-state index in [1.165, 1.54) is 167 Å². The third kappa shape index (κ3) is 83.4. The maximum absolute atomic E-state index is 12.7. The average Bonchev–Trinajstić information content (AvgIpc) is 0.907. The number of esters is 4. The lowest BCUT2D eigenvalue weighted by atomic mass is 10.1. The number of ether oxygens (including phenoxy) is 4. The predicted molar refractivity (Wildman–Crippen MR) is 439 cm³/mol. The first kappa shape index (κ1) is 106. The van der Waals surface area contributed by atoms with E-state index in [2.05, 4.69) is 80.8 Å². The second kappa shape index (κ2) is 78.7. The molecule has 4 N–H and O–H groups in total. The number of carboxylic acid groups (broad SMARTS) is 1. The number of hydrogen-bond donors (Lipinski definition) is 3. The van der Waals surface area contributed by atoms with E-state index < -0.39 is 83.6 Å². The smallest absolute Gasteiger partial charge is 0.472 e. The number of carbonyl (C=O) groups is 5. The first-order valence-corrected chi connectivity index (χ1v) is 46.4. The van der Waals surface area contributed by atoms with E-state index in [1.54, 1.807) is 0 Å². The lowest BCUT2D eigenvalue weighted by Gasteiger charge is -2.28. The summed E-state index contributed by atoms with van der Waals surface area (Å²) in [5, 5.41) is 8.88. The Bertz CT molecular complexity index is 2310. The van der Waals surface area contributed by atoms with Gasteiger partial charge >= 0.3 is 37.7 Å². The standard InChI is InChI=1S/C44H84NO8P.C42H78NO10P/c1-6-8-10-12-14-16-18-20-22-24-26-28-30-32-34-36-43(46)50-40-42(41-52-54(48,49)51-39-38-45(3,4)5)53-44(47)37-35-33-31-29-27-25-23-21-19-17-15-13-11-9-7-2;1-3-5-7-9-11-13-15-17-19-21-23-25-27-29-31-33-40(44)50-35-38(36-51-54(48,49)52-37-39(43)42(46)47)53-41(45)34-32-30-28-26-24-22-20-18-16-14-12-10-8-6-4-2/h20-23,42H,6-19,24-41H2,1-5H3;17-20,38-39H,3-16,21-37,43H2,1-2H3,(H,46,47)(H,48,49)/b22-20-,23-21-;19-17-,20-18-/t42-;38-,39+/m11/s1. The van der Waals surface area contributed by atoms with Gasteiger partial charge in [0.25, 0.3) is 7.82 Å². The third-order valence-electron chi connectivity index (χ3n) is 18.6. The van der Waals surface area contributed by atoms with Crippen LogP contribution in [0.4, 0.5) is 0 Å². The highest BCUT2D eigenvalue weighted by Crippen LogP contribution is 2.43. The number of phosphoric acid groups is 2. The lowest BCUT2D eigenvalue weighted by molar-refractivity contribution is -0.870. The van der Waals surface area contributed by atoms with Gasteiger partial charge in [-0.25, -0.2) is 4.57 Å². The van der Waals surface area contributed by atoms with Crippen molar-refractivity contribution in [3.05, 3.63) is 48.6 Å². The number of nitrogens with two attached hydrogens (primary N) is 1. The molecule has 20 nitrogen and oxygen atoms in total. The molecule has 0 aliphatic heterocycles. The van der Waals surface area contributed by atoms with Gasteiger partial charge in [-0.1, -0.05) is 282 Å². The SMILES string of the molecule is CCCCCCCC/C=C\CCCCCCCC(=O)OC[C@H](COP(=O)(O)OC[C@H](N)C(=O)O)OC(=O)CCCCCCC/C=C\CCCCCCCC.CCCCCCCC/C=C\CCCCCCCC(=O)OC[C@H](COP(=O)([O-])OCC[N+](C)(C)C)OC(=O)CCCCCCC/C=C\CCCCCCCC. The Morgan fingerprint density at radius 2 is 0.593 bits per heavy atom. The number of likely N-dealkylation sites (N-methyl/N-ethyl adjacent to an activating group) is 1. The number of carbonyl (C=O) groups excluding carboxylic acids is 4. The molecule has 0 saturated carbocycles. The molecule has 0 aromatic rings. The Balaban J connectivity index is 0. The number of quaternary nitrogens is 1. The van der Waals surface area contributed by atoms with E-state index in [0.29, 0.717) is 30.3 Å². The summed E-state index contributed by atoms with van der Waals surface area (Å²) in [4.78, 5) is 83.4. The Morgan fingerprint density at radius 3 is 0.861 bits per heavy atom. The minimum atomic E-state index is -4.71. The number of rotatable bonds is 80. The van der Waals surface area contributed by atoms with Crippen molar-refractivity contribution in [1.29, 1.82) is 0 Å². The molecule has 634 valence electrons. The molecular formula is C86H162N2O18P2. The van der Waals surface area contributed by atoms with Gasteiger partial charge in [0, 0.05) is 25.7 Å². The number of phosphoric ester groups is 2. The summed E-state index contributed by atoms with van der Waals surface area (Å²) < 4.78 is 66.5. The molecule has 0 radical (unpaired) electrons. The topological polar surface area (TPSA) is 283 Å². The number of aliphatic carboxylic acids is 1. The first-order valence-electron chi connectivity index (χ1n) is 43.4. The van der Waals surface area contributed by atoms with E-state index in [4.69, 9.17) is 43.4 Å². The number of allylic oxidation sites excluding steroid dienone is 8. The molecule has 0 spiro atoms. The molecule has 0 bridgehead atoms. The fourth-order valence-corrected chi connectivity index (χ4v) is 13.2. The number of carboxylic acids is 1. The van der Waals surface area contributed by atoms with Crippen LogP contribution in [0, 0.1) is 0 Å². The fraction of sp³-hybridized carbons (Fsp3) is 0.849. The summed E-state index contributed by atoms with van der Waals surface area (Å²) >= 11 is 0. The van der Waals surface area contributed by atoms with Crippen molar-refractivity contribution >= 4 is 45.5 Å². The first-order chi connectivity index (χ1) is 52.1. The van der Waals surface area contributed by atoms with Crippen molar-refractivity contribution in [2.45, 2.75) is 406 Å². The molecule has 5 atom stereocenters. The summed E-state index contributed by atoms with van der Waals surface area (Å²) in [7, 11) is -3.56. The molecule has 0 aromatic carbocycles. The average molecular weight is 1570 g/mol. The van der Waals surface area contributed by atoms with E-state index in [-0.39, 0.29) is 45.5 Å². The van der Waals surface area contributed by atoms with Crippen LogP contribution in [0.1, 0.15) is 387 Å². The van der Waals surface area contributed by atoms with Crippen molar-refractivity contribution in [2.24, 2.45) is 5.73 Å². The molecule has 0 rings (SSSR count). The van der Waals surface area contributed by atoms with Crippen LogP contribution in [0.15, 0.2) is 48.6 Å². The van der Waals surface area contributed by atoms with Gasteiger partial charge in [0.1, 0.15) is 32.4 Å². The molecule has 0 aliphatic rings. The van der Waals surface area contributed by atoms with Crippen molar-refractivity contribution in [1.82, 2.24) is 0 Å². The van der Waals surface area contributed by atoms with Crippen LogP contribution in [0.5, 0.6) is 0 Å². The van der Waals surface area contributed by atoms with Crippen LogP contribution >= 0.6 is 15.6 Å². The zero-order valence-corrected chi connectivity index (χ0v) is 71.5. The molecule has 0 saturated heterocycles. The minimum absolute atomic E-state index is 0.0326. The van der Waals surface area contributed by atoms with Gasteiger partial charge in [-0.2, -0.15) is 0 Å². The number of nitrogens with zero attached hydrogens (tertiary/aromatic N) is 1. The Labute approximate surface area is 659 Å². The molecule has 0 aliphatic carbocycles.